The number of carbonyl (C=O) groups is 1. The van der Waals surface area contributed by atoms with Gasteiger partial charge in [0, 0.05) is 5.56 Å². The molecular weight excluding hydrogens is 256 g/mol. The third kappa shape index (κ3) is 2.59. The Morgan fingerprint density at radius 3 is 2.70 bits per heavy atom. The van der Waals surface area contributed by atoms with E-state index in [-0.39, 0.29) is 6.61 Å². The Balaban J connectivity index is 2.48. The Kier molecular flexibility index (Phi) is 4.25. The van der Waals surface area contributed by atoms with E-state index in [2.05, 4.69) is 4.79 Å². The fourth-order valence-corrected chi connectivity index (χ4v) is 2.05. The van der Waals surface area contributed by atoms with E-state index in [1.807, 2.05) is 30.3 Å². The largest absolute Gasteiger partial charge is 0.457 e. The van der Waals surface area contributed by atoms with E-state index in [0.29, 0.717) is 5.56 Å². The maximum absolute atomic E-state index is 11.7. The van der Waals surface area contributed by atoms with Gasteiger partial charge in [-0.05, 0) is 17.7 Å². The molecule has 0 aromatic heterocycles. The van der Waals surface area contributed by atoms with Gasteiger partial charge in [0.25, 0.3) is 0 Å². The van der Waals surface area contributed by atoms with Crippen molar-refractivity contribution in [3.05, 3.63) is 53.6 Å². The molecule has 0 fully saturated rings. The minimum absolute atomic E-state index is 0.139. The van der Waals surface area contributed by atoms with Gasteiger partial charge in [-0.2, -0.15) is 4.79 Å². The number of ether oxygens (including phenoxy) is 1. The number of benzene rings is 2. The molecule has 0 saturated carbocycles. The molecule has 2 aromatic rings. The van der Waals surface area contributed by atoms with Crippen LogP contribution in [0.25, 0.3) is 16.3 Å². The van der Waals surface area contributed by atoms with Crippen molar-refractivity contribution in [2.24, 2.45) is 0 Å². The van der Waals surface area contributed by atoms with Gasteiger partial charge in [0.05, 0.1) is 6.61 Å². The highest BCUT2D eigenvalue weighted by atomic mass is 16.5. The number of nitrogens with zero attached hydrogens (tertiary/aromatic N) is 2. The first kappa shape index (κ1) is 13.9. The molecule has 2 aromatic carbocycles. The Morgan fingerprint density at radius 1 is 1.30 bits per heavy atom. The molecule has 20 heavy (non-hydrogen) atoms. The smallest absolute Gasteiger partial charge is 0.420 e. The van der Waals surface area contributed by atoms with Gasteiger partial charge in [-0.25, -0.2) is 4.79 Å². The fourth-order valence-electron chi connectivity index (χ4n) is 2.05. The van der Waals surface area contributed by atoms with E-state index >= 15 is 0 Å². The quantitative estimate of drug-likeness (QED) is 0.399. The summed E-state index contributed by atoms with van der Waals surface area (Å²) in [6.07, 6.45) is -1.34. The number of hydrogen-bond acceptors (Lipinski definition) is 3. The van der Waals surface area contributed by atoms with Gasteiger partial charge in [-0.1, -0.05) is 42.5 Å². The summed E-state index contributed by atoms with van der Waals surface area (Å²) in [5.41, 5.74) is 9.02. The normalized spacial score (nSPS) is 11.7. The molecule has 2 rings (SSSR count). The zero-order valence-corrected chi connectivity index (χ0v) is 11.0. The Hall–Kier alpha value is -2.49. The summed E-state index contributed by atoms with van der Waals surface area (Å²) in [6, 6.07) is 12.8. The monoisotopic (exact) mass is 270 g/mol. The molecule has 5 heteroatoms. The van der Waals surface area contributed by atoms with Crippen molar-refractivity contribution in [3.63, 3.8) is 0 Å². The van der Waals surface area contributed by atoms with Crippen molar-refractivity contribution >= 4 is 22.5 Å². The molecule has 0 radical (unpaired) electrons. The lowest BCUT2D eigenvalue weighted by atomic mass is 9.98. The lowest BCUT2D eigenvalue weighted by molar-refractivity contribution is -0.141. The average Bonchev–Trinajstić information content (AvgIpc) is 2.47. The number of esters is 1. The summed E-state index contributed by atoms with van der Waals surface area (Å²) >= 11 is 0. The third-order valence-corrected chi connectivity index (χ3v) is 2.97. The van der Waals surface area contributed by atoms with Gasteiger partial charge in [-0.15, -0.1) is 0 Å². The molecule has 1 atom stereocenters. The molecule has 0 bridgehead atoms. The van der Waals surface area contributed by atoms with Gasteiger partial charge >= 0.3 is 11.7 Å². The van der Waals surface area contributed by atoms with Gasteiger partial charge in [0.1, 0.15) is 0 Å². The average molecular weight is 270 g/mol. The topological polar surface area (TPSA) is 82.9 Å². The minimum atomic E-state index is -1.34. The van der Waals surface area contributed by atoms with Crippen LogP contribution in [0.15, 0.2) is 42.5 Å². The van der Waals surface area contributed by atoms with Crippen molar-refractivity contribution in [2.45, 2.75) is 13.0 Å². The van der Waals surface area contributed by atoms with Crippen molar-refractivity contribution < 1.29 is 19.4 Å². The highest BCUT2D eigenvalue weighted by Crippen LogP contribution is 2.25. The third-order valence-electron chi connectivity index (χ3n) is 2.97. The molecule has 0 heterocycles. The molecule has 5 nitrogen and oxygen atoms in total. The van der Waals surface area contributed by atoms with Crippen LogP contribution in [0.2, 0.25) is 0 Å². The molecule has 1 unspecified atom stereocenters. The molecule has 0 aliphatic heterocycles. The van der Waals surface area contributed by atoms with Crippen LogP contribution >= 0.6 is 0 Å². The number of rotatable bonds is 4. The second kappa shape index (κ2) is 6.10. The number of aliphatic hydroxyl groups is 1. The van der Waals surface area contributed by atoms with Crippen LogP contribution in [0.4, 0.5) is 0 Å². The van der Waals surface area contributed by atoms with Gasteiger partial charge in [-0.3, -0.25) is 0 Å². The summed E-state index contributed by atoms with van der Waals surface area (Å²) < 4.78 is 4.76. The Bertz CT molecular complexity index is 685. The maximum Gasteiger partial charge on any atom is 0.420 e. The Morgan fingerprint density at radius 2 is 2.00 bits per heavy atom. The first-order valence-electron chi connectivity index (χ1n) is 6.23. The SMILES string of the molecule is CCOC(=O)C(=[N+]=[N-])C(O)c1cccc2ccccc12. The molecule has 0 saturated heterocycles. The second-order valence-corrected chi connectivity index (χ2v) is 4.18. The molecule has 0 aliphatic carbocycles. The van der Waals surface area contributed by atoms with Gasteiger partial charge in [0.2, 0.25) is 0 Å². The predicted octanol–water partition coefficient (Wildman–Crippen LogP) is 2.11. The number of fused-ring (bicyclic) bond motifs is 1. The summed E-state index contributed by atoms with van der Waals surface area (Å²) in [5, 5.41) is 12.0. The van der Waals surface area contributed by atoms with Crippen LogP contribution in [0, 0.1) is 0 Å². The molecule has 0 aliphatic rings. The van der Waals surface area contributed by atoms with Crippen LogP contribution < -0.4 is 0 Å². The van der Waals surface area contributed by atoms with Crippen LogP contribution in [0.5, 0.6) is 0 Å². The number of aliphatic hydroxyl groups excluding tert-OH is 1. The summed E-state index contributed by atoms with van der Waals surface area (Å²) in [6.45, 7) is 1.78. The van der Waals surface area contributed by atoms with E-state index < -0.39 is 17.8 Å². The van der Waals surface area contributed by atoms with Crippen molar-refractivity contribution in [3.8, 4) is 0 Å². The summed E-state index contributed by atoms with van der Waals surface area (Å²) in [4.78, 5) is 14.5. The standard InChI is InChI=1S/C15H14N2O3/c1-2-20-15(19)13(17-16)14(18)12-9-5-7-10-6-3-4-8-11(10)12/h3-9,14,18H,2H2,1H3. The highest BCUT2D eigenvalue weighted by molar-refractivity contribution is 6.35. The highest BCUT2D eigenvalue weighted by Gasteiger charge is 2.33. The lowest BCUT2D eigenvalue weighted by Crippen LogP contribution is -2.25. The van der Waals surface area contributed by atoms with E-state index in [1.165, 1.54) is 0 Å². The zero-order chi connectivity index (χ0) is 14.5. The first-order chi connectivity index (χ1) is 9.69. The maximum atomic E-state index is 11.7. The van der Waals surface area contributed by atoms with Crippen LogP contribution in [-0.4, -0.2) is 28.2 Å². The Labute approximate surface area is 116 Å². The van der Waals surface area contributed by atoms with Crippen LogP contribution in [0.1, 0.15) is 18.6 Å². The van der Waals surface area contributed by atoms with Crippen molar-refractivity contribution in [1.29, 1.82) is 0 Å². The van der Waals surface area contributed by atoms with Crippen molar-refractivity contribution in [2.75, 3.05) is 6.61 Å². The fraction of sp³-hybridized carbons (Fsp3) is 0.200. The summed E-state index contributed by atoms with van der Waals surface area (Å²) in [5.74, 6) is -0.838. The molecule has 0 spiro atoms. The number of hydrogen-bond donors (Lipinski definition) is 1. The van der Waals surface area contributed by atoms with Gasteiger partial charge < -0.3 is 15.4 Å². The second-order valence-electron chi connectivity index (χ2n) is 4.18. The van der Waals surface area contributed by atoms with E-state index in [0.717, 1.165) is 10.8 Å². The molecule has 1 N–H and O–H groups in total. The lowest BCUT2D eigenvalue weighted by Gasteiger charge is -2.09. The predicted molar refractivity (Wildman–Crippen MR) is 74.2 cm³/mol. The van der Waals surface area contributed by atoms with E-state index in [9.17, 15) is 9.90 Å². The first-order valence-corrected chi connectivity index (χ1v) is 6.23. The number of carbonyl (C=O) groups excluding carboxylic acids is 1. The van der Waals surface area contributed by atoms with E-state index in [4.69, 9.17) is 10.3 Å². The van der Waals surface area contributed by atoms with Crippen molar-refractivity contribution in [1.82, 2.24) is 0 Å². The zero-order valence-electron chi connectivity index (χ0n) is 11.0. The van der Waals surface area contributed by atoms with Crippen LogP contribution in [-0.2, 0) is 9.53 Å². The van der Waals surface area contributed by atoms with E-state index in [1.54, 1.807) is 19.1 Å². The molecule has 0 amide bonds. The minimum Gasteiger partial charge on any atom is -0.457 e. The molecule has 102 valence electrons. The molecular formula is C15H14N2O3. The summed E-state index contributed by atoms with van der Waals surface area (Å²) in [7, 11) is 0. The van der Waals surface area contributed by atoms with Gasteiger partial charge in [0.15, 0.2) is 6.10 Å². The van der Waals surface area contributed by atoms with Crippen LogP contribution in [0.3, 0.4) is 0 Å².